The second kappa shape index (κ2) is 14.4. The number of fused-ring (bicyclic) bond motifs is 7. The summed E-state index contributed by atoms with van der Waals surface area (Å²) in [7, 11) is 0. The van der Waals surface area contributed by atoms with Crippen molar-refractivity contribution in [2.24, 2.45) is 5.92 Å². The molecular weight excluding hydrogens is 743 g/mol. The van der Waals surface area contributed by atoms with Crippen LogP contribution in [0.15, 0.2) is 233 Å². The van der Waals surface area contributed by atoms with E-state index in [2.05, 4.69) is 199 Å². The van der Waals surface area contributed by atoms with Gasteiger partial charge in [-0.3, -0.25) is 0 Å². The highest BCUT2D eigenvalue weighted by molar-refractivity contribution is 6.10. The van der Waals surface area contributed by atoms with Gasteiger partial charge in [0.25, 0.3) is 0 Å². The van der Waals surface area contributed by atoms with E-state index in [1.807, 2.05) is 24.3 Å². The molecule has 0 fully saturated rings. The highest BCUT2D eigenvalue weighted by Crippen LogP contribution is 2.42. The fraction of sp³-hybridized carbons (Fsp3) is 0.0345. The topological polar surface area (TPSA) is 29.5 Å². The minimum Gasteiger partial charge on any atom is -0.455 e. The summed E-state index contributed by atoms with van der Waals surface area (Å²) in [6.45, 7) is 0. The van der Waals surface area contributed by atoms with Crippen LogP contribution in [0.4, 0.5) is 17.1 Å². The Morgan fingerprint density at radius 1 is 0.393 bits per heavy atom. The molecule has 0 saturated heterocycles. The van der Waals surface area contributed by atoms with Gasteiger partial charge in [0, 0.05) is 55.7 Å². The van der Waals surface area contributed by atoms with Gasteiger partial charge in [-0.15, -0.1) is 0 Å². The van der Waals surface area contributed by atoms with Gasteiger partial charge >= 0.3 is 0 Å². The Morgan fingerprint density at radius 3 is 1.39 bits per heavy atom. The Bertz CT molecular complexity index is 3250. The molecule has 0 radical (unpaired) electrons. The molecular formula is C58H39NO2. The molecule has 0 bridgehead atoms. The highest BCUT2D eigenvalue weighted by atomic mass is 16.3. The fourth-order valence-electron chi connectivity index (χ4n) is 9.34. The Hall–Kier alpha value is -7.88. The van der Waals surface area contributed by atoms with Gasteiger partial charge in [0.2, 0.25) is 0 Å². The van der Waals surface area contributed by atoms with Crippen LogP contribution in [0.25, 0.3) is 82.8 Å². The number of nitrogens with zero attached hydrogens (tertiary/aromatic N) is 1. The van der Waals surface area contributed by atoms with Crippen LogP contribution in [0.2, 0.25) is 0 Å². The van der Waals surface area contributed by atoms with Crippen LogP contribution < -0.4 is 4.90 Å². The van der Waals surface area contributed by atoms with Crippen molar-refractivity contribution < 1.29 is 8.83 Å². The lowest BCUT2D eigenvalue weighted by atomic mass is 9.82. The molecule has 0 saturated carbocycles. The molecule has 2 aromatic heterocycles. The number of hydrogen-bond acceptors (Lipinski definition) is 3. The number of anilines is 3. The molecule has 0 amide bonds. The van der Waals surface area contributed by atoms with Crippen LogP contribution in [0.3, 0.4) is 0 Å². The van der Waals surface area contributed by atoms with Gasteiger partial charge in [0.05, 0.1) is 0 Å². The second-order valence-electron chi connectivity index (χ2n) is 16.0. The van der Waals surface area contributed by atoms with E-state index < -0.39 is 0 Å². The first-order valence-electron chi connectivity index (χ1n) is 21.0. The van der Waals surface area contributed by atoms with E-state index in [1.54, 1.807) is 0 Å². The predicted molar refractivity (Wildman–Crippen MR) is 254 cm³/mol. The van der Waals surface area contributed by atoms with Crippen molar-refractivity contribution >= 4 is 66.5 Å². The van der Waals surface area contributed by atoms with Gasteiger partial charge in [-0.05, 0) is 93.9 Å². The average molecular weight is 782 g/mol. The highest BCUT2D eigenvalue weighted by Gasteiger charge is 2.19. The first kappa shape index (κ1) is 35.1. The number of rotatable bonds is 7. The fourth-order valence-corrected chi connectivity index (χ4v) is 9.34. The molecule has 0 spiro atoms. The van der Waals surface area contributed by atoms with Crippen LogP contribution in [-0.4, -0.2) is 0 Å². The van der Waals surface area contributed by atoms with Gasteiger partial charge in [-0.1, -0.05) is 170 Å². The summed E-state index contributed by atoms with van der Waals surface area (Å²) < 4.78 is 12.8. The predicted octanol–water partition coefficient (Wildman–Crippen LogP) is 16.4. The molecule has 1 atom stereocenters. The van der Waals surface area contributed by atoms with E-state index in [4.69, 9.17) is 8.83 Å². The van der Waals surface area contributed by atoms with Crippen molar-refractivity contribution in [3.8, 4) is 33.4 Å². The summed E-state index contributed by atoms with van der Waals surface area (Å²) in [6.07, 6.45) is 14.4. The molecule has 0 aliphatic heterocycles. The van der Waals surface area contributed by atoms with E-state index in [0.717, 1.165) is 89.6 Å². The minimum atomic E-state index is 0.462. The maximum atomic E-state index is 6.42. The summed E-state index contributed by atoms with van der Waals surface area (Å²) in [5.41, 5.74) is 17.6. The van der Waals surface area contributed by atoms with Crippen LogP contribution in [0.1, 0.15) is 12.0 Å². The molecule has 2 heterocycles. The molecule has 3 nitrogen and oxygen atoms in total. The van der Waals surface area contributed by atoms with Crippen LogP contribution in [0, 0.1) is 5.92 Å². The summed E-state index contributed by atoms with van der Waals surface area (Å²) in [5, 5.41) is 4.52. The summed E-state index contributed by atoms with van der Waals surface area (Å²) >= 11 is 0. The van der Waals surface area contributed by atoms with E-state index in [0.29, 0.717) is 5.92 Å². The SMILES string of the molecule is C1=CC2=CC=C(c3ccc(-c4ccc(N(c5ccc(-c6cccc7c6oc6ccccc67)cc5)c5ccc(-c6cccc7c6oc6ccccc67)cc5)cc4)cc3)CC2C=C1. The van der Waals surface area contributed by atoms with Gasteiger partial charge in [0.1, 0.15) is 22.3 Å². The lowest BCUT2D eigenvalue weighted by Crippen LogP contribution is -2.09. The molecule has 61 heavy (non-hydrogen) atoms. The quantitative estimate of drug-likeness (QED) is 0.161. The average Bonchev–Trinajstić information content (AvgIpc) is 3.91. The third-order valence-corrected chi connectivity index (χ3v) is 12.5. The number of furan rings is 2. The largest absolute Gasteiger partial charge is 0.455 e. The van der Waals surface area contributed by atoms with Crippen molar-refractivity contribution in [1.29, 1.82) is 0 Å². The van der Waals surface area contributed by atoms with Crippen molar-refractivity contribution in [2.75, 3.05) is 4.90 Å². The minimum absolute atomic E-state index is 0.462. The zero-order valence-corrected chi connectivity index (χ0v) is 33.3. The molecule has 1 unspecified atom stereocenters. The second-order valence-corrected chi connectivity index (χ2v) is 16.0. The summed E-state index contributed by atoms with van der Waals surface area (Å²) in [4.78, 5) is 2.33. The van der Waals surface area contributed by atoms with E-state index in [-0.39, 0.29) is 0 Å². The van der Waals surface area contributed by atoms with E-state index in [1.165, 1.54) is 27.8 Å². The number of allylic oxidation sites excluding steroid dienone is 8. The van der Waals surface area contributed by atoms with Gasteiger partial charge in [-0.25, -0.2) is 0 Å². The number of benzene rings is 8. The van der Waals surface area contributed by atoms with Crippen molar-refractivity contribution in [1.82, 2.24) is 0 Å². The van der Waals surface area contributed by atoms with Crippen LogP contribution in [0.5, 0.6) is 0 Å². The van der Waals surface area contributed by atoms with Crippen molar-refractivity contribution in [2.45, 2.75) is 6.42 Å². The normalized spacial score (nSPS) is 14.7. The third kappa shape index (κ3) is 6.13. The summed E-state index contributed by atoms with van der Waals surface area (Å²) in [5.74, 6) is 0.462. The third-order valence-electron chi connectivity index (χ3n) is 12.5. The smallest absolute Gasteiger partial charge is 0.143 e. The molecule has 12 rings (SSSR count). The lowest BCUT2D eigenvalue weighted by Gasteiger charge is -2.26. The standard InChI is InChI=1S/C58H39NO2/c1-2-10-44-37-45(24-23-38(44)9-1)41-21-19-39(20-22-41)40-25-31-46(32-26-40)59(47-33-27-42(28-34-47)49-13-7-15-53-51-11-3-5-17-55(51)60-57(49)53)48-35-29-43(30-36-48)50-14-8-16-54-52-12-4-6-18-56(52)61-58(50)54/h1-36,44H,37H2. The maximum Gasteiger partial charge on any atom is 0.143 e. The molecule has 2 aliphatic rings. The van der Waals surface area contributed by atoms with E-state index in [9.17, 15) is 0 Å². The molecule has 0 N–H and O–H groups in total. The lowest BCUT2D eigenvalue weighted by molar-refractivity contribution is 0.669. The molecule has 288 valence electrons. The monoisotopic (exact) mass is 781 g/mol. The van der Waals surface area contributed by atoms with Gasteiger partial charge in [-0.2, -0.15) is 0 Å². The van der Waals surface area contributed by atoms with Crippen LogP contribution in [-0.2, 0) is 0 Å². The van der Waals surface area contributed by atoms with Crippen molar-refractivity contribution in [3.05, 3.63) is 230 Å². The molecule has 3 heteroatoms. The first-order valence-corrected chi connectivity index (χ1v) is 21.0. The Morgan fingerprint density at radius 2 is 0.852 bits per heavy atom. The number of hydrogen-bond donors (Lipinski definition) is 0. The zero-order chi connectivity index (χ0) is 40.3. The Kier molecular flexibility index (Phi) is 8.31. The Balaban J connectivity index is 0.896. The Labute approximate surface area is 354 Å². The van der Waals surface area contributed by atoms with Crippen LogP contribution >= 0.6 is 0 Å². The van der Waals surface area contributed by atoms with Gasteiger partial charge in [0.15, 0.2) is 0 Å². The summed E-state index contributed by atoms with van der Waals surface area (Å²) in [6, 6.07) is 65.0. The maximum absolute atomic E-state index is 6.42. The molecule has 2 aliphatic carbocycles. The molecule has 8 aromatic carbocycles. The van der Waals surface area contributed by atoms with E-state index >= 15 is 0 Å². The van der Waals surface area contributed by atoms with Crippen molar-refractivity contribution in [3.63, 3.8) is 0 Å². The first-order chi connectivity index (χ1) is 30.2. The van der Waals surface area contributed by atoms with Gasteiger partial charge < -0.3 is 13.7 Å². The molecule has 10 aromatic rings. The zero-order valence-electron chi connectivity index (χ0n) is 33.3. The number of para-hydroxylation sites is 4.